The Morgan fingerprint density at radius 2 is 1.69 bits per heavy atom. The molecule has 1 fully saturated rings. The molecule has 0 unspecified atom stereocenters. The number of hydrogen-bond acceptors (Lipinski definition) is 3. The van der Waals surface area contributed by atoms with Gasteiger partial charge in [0.05, 0.1) is 17.4 Å². The van der Waals surface area contributed by atoms with Crippen molar-refractivity contribution in [2.24, 2.45) is 0 Å². The molecule has 29 heavy (non-hydrogen) atoms. The van der Waals surface area contributed by atoms with Gasteiger partial charge in [0.1, 0.15) is 0 Å². The summed E-state index contributed by atoms with van der Waals surface area (Å²) < 4.78 is 2.22. The molecule has 2 atom stereocenters. The average Bonchev–Trinajstić information content (AvgIpc) is 3.33. The molecular formula is C23H20N4O2. The van der Waals surface area contributed by atoms with E-state index in [-0.39, 0.29) is 11.8 Å². The third kappa shape index (κ3) is 2.32. The van der Waals surface area contributed by atoms with Crippen LogP contribution in [0.1, 0.15) is 28.5 Å². The van der Waals surface area contributed by atoms with Gasteiger partial charge in [0.2, 0.25) is 11.8 Å². The van der Waals surface area contributed by atoms with Crippen molar-refractivity contribution >= 4 is 33.6 Å². The highest BCUT2D eigenvalue weighted by Crippen LogP contribution is 2.43. The van der Waals surface area contributed by atoms with Crippen molar-refractivity contribution in [1.29, 1.82) is 0 Å². The van der Waals surface area contributed by atoms with Crippen molar-refractivity contribution in [3.8, 4) is 0 Å². The number of imide groups is 1. The molecule has 2 amide bonds. The maximum absolute atomic E-state index is 13.0. The number of nitrogens with one attached hydrogen (secondary N) is 3. The largest absolute Gasteiger partial charge is 0.361 e. The summed E-state index contributed by atoms with van der Waals surface area (Å²) in [4.78, 5) is 29.1. The number of carbonyl (C=O) groups is 2. The van der Waals surface area contributed by atoms with Gasteiger partial charge in [0.15, 0.2) is 0 Å². The summed E-state index contributed by atoms with van der Waals surface area (Å²) in [6.07, 6.45) is 3.95. The number of para-hydroxylation sites is 2. The summed E-state index contributed by atoms with van der Waals surface area (Å²) in [6, 6.07) is 14.1. The highest BCUT2D eigenvalue weighted by molar-refractivity contribution is 6.13. The van der Waals surface area contributed by atoms with E-state index in [0.717, 1.165) is 52.6 Å². The van der Waals surface area contributed by atoms with E-state index in [0.29, 0.717) is 0 Å². The van der Waals surface area contributed by atoms with E-state index in [4.69, 9.17) is 0 Å². The SMILES string of the molecule is O=C1NC(=O)[C@H](c2cn3c4c(cccc24)CNCC3)[C@H]1c1c[nH]c2ccccc12. The van der Waals surface area contributed by atoms with Crippen LogP contribution in [0.4, 0.5) is 0 Å². The Labute approximate surface area is 166 Å². The van der Waals surface area contributed by atoms with E-state index in [1.807, 2.05) is 36.5 Å². The molecule has 0 bridgehead atoms. The molecule has 2 aromatic heterocycles. The fraction of sp³-hybridized carbons (Fsp3) is 0.217. The number of H-pyrrole nitrogens is 1. The normalized spacial score (nSPS) is 21.7. The van der Waals surface area contributed by atoms with Crippen LogP contribution in [0.3, 0.4) is 0 Å². The first-order chi connectivity index (χ1) is 14.2. The molecule has 4 heterocycles. The Morgan fingerprint density at radius 3 is 2.59 bits per heavy atom. The molecule has 1 saturated heterocycles. The monoisotopic (exact) mass is 384 g/mol. The lowest BCUT2D eigenvalue weighted by Gasteiger charge is -2.15. The number of aromatic amines is 1. The number of fused-ring (bicyclic) bond motifs is 1. The number of carbonyl (C=O) groups excluding carboxylic acids is 2. The molecule has 6 rings (SSSR count). The van der Waals surface area contributed by atoms with Crippen molar-refractivity contribution in [2.45, 2.75) is 24.9 Å². The van der Waals surface area contributed by atoms with Crippen LogP contribution in [0.2, 0.25) is 0 Å². The van der Waals surface area contributed by atoms with Gasteiger partial charge in [-0.25, -0.2) is 0 Å². The van der Waals surface area contributed by atoms with E-state index in [2.05, 4.69) is 38.5 Å². The van der Waals surface area contributed by atoms with E-state index in [9.17, 15) is 9.59 Å². The van der Waals surface area contributed by atoms with Crippen molar-refractivity contribution in [3.05, 3.63) is 71.5 Å². The second-order valence-electron chi connectivity index (χ2n) is 7.87. The standard InChI is InChI=1S/C23H20N4O2/c28-22-19(16-11-25-18-7-2-1-5-14(16)18)20(23(29)26-22)17-12-27-9-8-24-10-13-4-3-6-15(17)21(13)27/h1-7,11-12,19-20,24-25H,8-10H2,(H,26,28,29)/t19-,20-/m1/s1. The first kappa shape index (κ1) is 16.6. The minimum absolute atomic E-state index is 0.218. The fourth-order valence-electron chi connectivity index (χ4n) is 5.03. The Kier molecular flexibility index (Phi) is 3.46. The molecule has 144 valence electrons. The third-order valence-electron chi connectivity index (χ3n) is 6.29. The summed E-state index contributed by atoms with van der Waals surface area (Å²) in [5.41, 5.74) is 5.16. The van der Waals surface area contributed by atoms with Crippen LogP contribution in [0, 0.1) is 0 Å². The first-order valence-corrected chi connectivity index (χ1v) is 9.94. The van der Waals surface area contributed by atoms with Gasteiger partial charge in [-0.1, -0.05) is 36.4 Å². The summed E-state index contributed by atoms with van der Waals surface area (Å²) in [5, 5.41) is 8.08. The first-order valence-electron chi connectivity index (χ1n) is 9.94. The van der Waals surface area contributed by atoms with Crippen LogP contribution < -0.4 is 10.6 Å². The van der Waals surface area contributed by atoms with Gasteiger partial charge in [-0.2, -0.15) is 0 Å². The molecule has 6 heteroatoms. The minimum atomic E-state index is -0.539. The zero-order valence-corrected chi connectivity index (χ0v) is 15.7. The van der Waals surface area contributed by atoms with Crippen molar-refractivity contribution in [3.63, 3.8) is 0 Å². The van der Waals surface area contributed by atoms with Crippen LogP contribution in [-0.4, -0.2) is 27.9 Å². The van der Waals surface area contributed by atoms with Crippen LogP contribution in [0.5, 0.6) is 0 Å². The molecular weight excluding hydrogens is 364 g/mol. The Balaban J connectivity index is 1.57. The van der Waals surface area contributed by atoms with E-state index < -0.39 is 11.8 Å². The predicted octanol–water partition coefficient (Wildman–Crippen LogP) is 2.75. The zero-order chi connectivity index (χ0) is 19.5. The molecule has 0 spiro atoms. The summed E-state index contributed by atoms with van der Waals surface area (Å²) in [5.74, 6) is -1.52. The minimum Gasteiger partial charge on any atom is -0.361 e. The quantitative estimate of drug-likeness (QED) is 0.465. The van der Waals surface area contributed by atoms with Gasteiger partial charge in [0.25, 0.3) is 0 Å². The average molecular weight is 384 g/mol. The van der Waals surface area contributed by atoms with Crippen LogP contribution in [-0.2, 0) is 22.7 Å². The highest BCUT2D eigenvalue weighted by Gasteiger charge is 2.45. The van der Waals surface area contributed by atoms with Crippen molar-refractivity contribution in [1.82, 2.24) is 20.2 Å². The molecule has 2 aromatic carbocycles. The third-order valence-corrected chi connectivity index (χ3v) is 6.29. The molecule has 2 aliphatic rings. The second-order valence-corrected chi connectivity index (χ2v) is 7.87. The number of benzene rings is 2. The predicted molar refractivity (Wildman–Crippen MR) is 111 cm³/mol. The van der Waals surface area contributed by atoms with Crippen LogP contribution >= 0.6 is 0 Å². The lowest BCUT2D eigenvalue weighted by Crippen LogP contribution is -2.21. The van der Waals surface area contributed by atoms with Gasteiger partial charge >= 0.3 is 0 Å². The van der Waals surface area contributed by atoms with Gasteiger partial charge < -0.3 is 14.9 Å². The Hall–Kier alpha value is -3.38. The smallest absolute Gasteiger partial charge is 0.235 e. The summed E-state index contributed by atoms with van der Waals surface area (Å²) >= 11 is 0. The molecule has 0 radical (unpaired) electrons. The summed E-state index contributed by atoms with van der Waals surface area (Å²) in [7, 11) is 0. The number of aromatic nitrogens is 2. The van der Waals surface area contributed by atoms with Gasteiger partial charge in [-0.3, -0.25) is 14.9 Å². The number of nitrogens with zero attached hydrogens (tertiary/aromatic N) is 1. The van der Waals surface area contributed by atoms with Gasteiger partial charge in [0, 0.05) is 48.3 Å². The molecule has 6 nitrogen and oxygen atoms in total. The maximum Gasteiger partial charge on any atom is 0.235 e. The maximum atomic E-state index is 13.0. The number of amides is 2. The van der Waals surface area contributed by atoms with Crippen LogP contribution in [0.15, 0.2) is 54.9 Å². The van der Waals surface area contributed by atoms with E-state index >= 15 is 0 Å². The molecule has 2 aliphatic heterocycles. The molecule has 0 aliphatic carbocycles. The lowest BCUT2D eigenvalue weighted by atomic mass is 9.83. The Bertz CT molecular complexity index is 1300. The zero-order valence-electron chi connectivity index (χ0n) is 15.7. The fourth-order valence-corrected chi connectivity index (χ4v) is 5.03. The number of hydrogen-bond donors (Lipinski definition) is 3. The van der Waals surface area contributed by atoms with Crippen LogP contribution in [0.25, 0.3) is 21.8 Å². The van der Waals surface area contributed by atoms with Gasteiger partial charge in [-0.15, -0.1) is 0 Å². The lowest BCUT2D eigenvalue weighted by molar-refractivity contribution is -0.125. The molecule has 3 N–H and O–H groups in total. The van der Waals surface area contributed by atoms with Crippen molar-refractivity contribution in [2.75, 3.05) is 6.54 Å². The van der Waals surface area contributed by atoms with E-state index in [1.54, 1.807) is 0 Å². The topological polar surface area (TPSA) is 78.9 Å². The highest BCUT2D eigenvalue weighted by atomic mass is 16.2. The molecule has 0 saturated carbocycles. The molecule has 4 aromatic rings. The summed E-state index contributed by atoms with van der Waals surface area (Å²) in [6.45, 7) is 2.52. The number of rotatable bonds is 2. The van der Waals surface area contributed by atoms with Crippen molar-refractivity contribution < 1.29 is 9.59 Å². The Morgan fingerprint density at radius 1 is 0.897 bits per heavy atom. The van der Waals surface area contributed by atoms with E-state index in [1.165, 1.54) is 5.56 Å². The van der Waals surface area contributed by atoms with Gasteiger partial charge in [-0.05, 0) is 22.8 Å². The second kappa shape index (κ2) is 6.06.